The molecule has 1 heterocycles. The third-order valence-corrected chi connectivity index (χ3v) is 4.69. The van der Waals surface area contributed by atoms with Crippen molar-refractivity contribution < 1.29 is 23.5 Å². The van der Waals surface area contributed by atoms with E-state index in [1.807, 2.05) is 0 Å². The number of ether oxygens (including phenoxy) is 1. The molecule has 3 aromatic rings. The average Bonchev–Trinajstić information content (AvgIpc) is 2.77. The van der Waals surface area contributed by atoms with E-state index in [1.54, 1.807) is 48.5 Å². The molecule has 0 radical (unpaired) electrons. The lowest BCUT2D eigenvalue weighted by molar-refractivity contribution is -0.116. The predicted octanol–water partition coefficient (Wildman–Crippen LogP) is 4.35. The van der Waals surface area contributed by atoms with Crippen molar-refractivity contribution in [1.29, 1.82) is 0 Å². The summed E-state index contributed by atoms with van der Waals surface area (Å²) in [7, 11) is 0. The first-order valence-corrected chi connectivity index (χ1v) is 10.1. The van der Waals surface area contributed by atoms with Gasteiger partial charge in [0.2, 0.25) is 5.91 Å². The van der Waals surface area contributed by atoms with Crippen LogP contribution in [0.3, 0.4) is 0 Å². The molecule has 3 rings (SSSR count). The van der Waals surface area contributed by atoms with Gasteiger partial charge in [-0.2, -0.15) is 0 Å². The minimum atomic E-state index is -0.927. The van der Waals surface area contributed by atoms with Gasteiger partial charge in [-0.05, 0) is 42.8 Å². The third-order valence-electron chi connectivity index (χ3n) is 4.69. The second kappa shape index (κ2) is 10.3. The first kappa shape index (κ1) is 22.0. The number of hydrogen-bond donors (Lipinski definition) is 1. The molecule has 0 aliphatic rings. The number of nitrogens with one attached hydrogen (secondary N) is 1. The fourth-order valence-corrected chi connectivity index (χ4v) is 2.99. The highest BCUT2D eigenvalue weighted by Gasteiger charge is 2.17. The van der Waals surface area contributed by atoms with Crippen molar-refractivity contribution in [2.45, 2.75) is 32.6 Å². The Hall–Kier alpha value is -3.74. The maximum absolute atomic E-state index is 12.3. The number of amides is 1. The Bertz CT molecular complexity index is 1150. The van der Waals surface area contributed by atoms with Crippen LogP contribution in [-0.2, 0) is 9.53 Å². The number of benzene rings is 2. The predicted molar refractivity (Wildman–Crippen MR) is 116 cm³/mol. The summed E-state index contributed by atoms with van der Waals surface area (Å²) in [5, 5.41) is 3.36. The average molecular weight is 421 g/mol. The van der Waals surface area contributed by atoms with E-state index in [9.17, 15) is 19.2 Å². The normalized spacial score (nSPS) is 10.6. The van der Waals surface area contributed by atoms with Crippen molar-refractivity contribution in [3.8, 4) is 0 Å². The second-order valence-corrected chi connectivity index (χ2v) is 7.07. The van der Waals surface area contributed by atoms with Crippen molar-refractivity contribution >= 4 is 34.3 Å². The van der Waals surface area contributed by atoms with Crippen LogP contribution < -0.4 is 10.9 Å². The van der Waals surface area contributed by atoms with Crippen LogP contribution in [0.25, 0.3) is 11.0 Å². The minimum absolute atomic E-state index is 0.0735. The molecular weight excluding hydrogens is 398 g/mol. The van der Waals surface area contributed by atoms with Crippen LogP contribution in [0.4, 0.5) is 5.69 Å². The van der Waals surface area contributed by atoms with E-state index in [2.05, 4.69) is 12.2 Å². The summed E-state index contributed by atoms with van der Waals surface area (Å²) in [5.74, 6) is -1.43. The molecule has 1 N–H and O–H groups in total. The Morgan fingerprint density at radius 1 is 1.00 bits per heavy atom. The van der Waals surface area contributed by atoms with Crippen LogP contribution in [0.2, 0.25) is 0 Å². The summed E-state index contributed by atoms with van der Waals surface area (Å²) in [6, 6.07) is 14.5. The maximum Gasteiger partial charge on any atom is 0.351 e. The second-order valence-electron chi connectivity index (χ2n) is 7.07. The molecule has 1 amide bonds. The summed E-state index contributed by atoms with van der Waals surface area (Å²) in [5.41, 5.74) is 0.173. The molecule has 7 nitrogen and oxygen atoms in total. The molecule has 2 aromatic carbocycles. The zero-order valence-corrected chi connectivity index (χ0v) is 17.2. The van der Waals surface area contributed by atoms with Gasteiger partial charge in [0.1, 0.15) is 11.1 Å². The van der Waals surface area contributed by atoms with Crippen LogP contribution in [0.5, 0.6) is 0 Å². The largest absolute Gasteiger partial charge is 0.453 e. The number of carbonyl (C=O) groups excluding carboxylic acids is 3. The number of fused-ring (bicyclic) bond motifs is 1. The van der Waals surface area contributed by atoms with E-state index in [4.69, 9.17) is 9.15 Å². The summed E-state index contributed by atoms with van der Waals surface area (Å²) in [4.78, 5) is 48.4. The number of unbranched alkanes of at least 4 members (excludes halogenated alkanes) is 2. The number of ketones is 1. The van der Waals surface area contributed by atoms with Gasteiger partial charge in [-0.3, -0.25) is 9.59 Å². The lowest BCUT2D eigenvalue weighted by Crippen LogP contribution is -2.20. The molecule has 0 saturated heterocycles. The summed E-state index contributed by atoms with van der Waals surface area (Å²) >= 11 is 0. The van der Waals surface area contributed by atoms with Gasteiger partial charge in [0.05, 0.1) is 0 Å². The van der Waals surface area contributed by atoms with Gasteiger partial charge in [-0.1, -0.05) is 38.0 Å². The van der Waals surface area contributed by atoms with Crippen LogP contribution in [-0.4, -0.2) is 24.3 Å². The SMILES string of the molecule is CCCCCC(=O)Nc1ccc(C(=O)COC(=O)c2cc3ccccc3oc2=O)cc1. The first-order chi connectivity index (χ1) is 15.0. The molecule has 0 saturated carbocycles. The molecule has 1 aromatic heterocycles. The Morgan fingerprint density at radius 2 is 1.74 bits per heavy atom. The number of Topliss-reactive ketones (excluding diaryl/α,β-unsaturated/α-hetero) is 1. The molecule has 0 aliphatic carbocycles. The molecule has 0 unspecified atom stereocenters. The van der Waals surface area contributed by atoms with Gasteiger partial charge in [-0.15, -0.1) is 0 Å². The number of hydrogen-bond acceptors (Lipinski definition) is 6. The highest BCUT2D eigenvalue weighted by atomic mass is 16.5. The van der Waals surface area contributed by atoms with Gasteiger partial charge in [0, 0.05) is 23.1 Å². The van der Waals surface area contributed by atoms with Crippen LogP contribution in [0.1, 0.15) is 53.3 Å². The van der Waals surface area contributed by atoms with Crippen molar-refractivity contribution in [1.82, 2.24) is 0 Å². The van der Waals surface area contributed by atoms with E-state index in [0.717, 1.165) is 19.3 Å². The molecule has 7 heteroatoms. The Balaban J connectivity index is 1.57. The monoisotopic (exact) mass is 421 g/mol. The summed E-state index contributed by atoms with van der Waals surface area (Å²) < 4.78 is 10.1. The fraction of sp³-hybridized carbons (Fsp3) is 0.250. The zero-order chi connectivity index (χ0) is 22.2. The van der Waals surface area contributed by atoms with E-state index in [0.29, 0.717) is 28.6 Å². The lowest BCUT2D eigenvalue weighted by Gasteiger charge is -2.07. The molecule has 0 aliphatic heterocycles. The molecule has 0 bridgehead atoms. The van der Waals surface area contributed by atoms with Gasteiger partial charge >= 0.3 is 11.6 Å². The molecule has 0 atom stereocenters. The zero-order valence-electron chi connectivity index (χ0n) is 17.2. The highest BCUT2D eigenvalue weighted by molar-refractivity contribution is 6.00. The van der Waals surface area contributed by atoms with E-state index in [-0.39, 0.29) is 11.5 Å². The molecule has 0 spiro atoms. The number of para-hydroxylation sites is 1. The number of carbonyl (C=O) groups is 3. The minimum Gasteiger partial charge on any atom is -0.453 e. The lowest BCUT2D eigenvalue weighted by atomic mass is 10.1. The smallest absolute Gasteiger partial charge is 0.351 e. The molecule has 31 heavy (non-hydrogen) atoms. The van der Waals surface area contributed by atoms with Gasteiger partial charge in [0.25, 0.3) is 0 Å². The Morgan fingerprint density at radius 3 is 2.48 bits per heavy atom. The van der Waals surface area contributed by atoms with Crippen LogP contribution in [0, 0.1) is 0 Å². The van der Waals surface area contributed by atoms with Gasteiger partial charge in [-0.25, -0.2) is 9.59 Å². The summed E-state index contributed by atoms with van der Waals surface area (Å²) in [6.07, 6.45) is 3.33. The first-order valence-electron chi connectivity index (χ1n) is 10.1. The van der Waals surface area contributed by atoms with Crippen molar-refractivity contribution in [3.63, 3.8) is 0 Å². The van der Waals surface area contributed by atoms with Crippen molar-refractivity contribution in [2.75, 3.05) is 11.9 Å². The number of rotatable bonds is 9. The van der Waals surface area contributed by atoms with E-state index in [1.165, 1.54) is 6.07 Å². The standard InChI is InChI=1S/C24H23NO6/c1-2-3-4-9-22(27)25-18-12-10-16(11-13-18)20(26)15-30-23(28)19-14-17-7-5-6-8-21(17)31-24(19)29/h5-8,10-14H,2-4,9,15H2,1H3,(H,25,27). The van der Waals surface area contributed by atoms with Gasteiger partial charge < -0.3 is 14.5 Å². The molecule has 0 fully saturated rings. The topological polar surface area (TPSA) is 103 Å². The van der Waals surface area contributed by atoms with Crippen LogP contribution >= 0.6 is 0 Å². The quantitative estimate of drug-likeness (QED) is 0.238. The Kier molecular flexibility index (Phi) is 7.32. The number of anilines is 1. The van der Waals surface area contributed by atoms with Crippen LogP contribution in [0.15, 0.2) is 63.8 Å². The van der Waals surface area contributed by atoms with Crippen molar-refractivity contribution in [2.24, 2.45) is 0 Å². The number of esters is 1. The van der Waals surface area contributed by atoms with E-state index < -0.39 is 24.0 Å². The highest BCUT2D eigenvalue weighted by Crippen LogP contribution is 2.14. The van der Waals surface area contributed by atoms with Crippen molar-refractivity contribution in [3.05, 3.63) is 76.1 Å². The van der Waals surface area contributed by atoms with E-state index >= 15 is 0 Å². The molecule has 160 valence electrons. The summed E-state index contributed by atoms with van der Waals surface area (Å²) in [6.45, 7) is 1.55. The Labute approximate surface area is 179 Å². The van der Waals surface area contributed by atoms with Gasteiger partial charge in [0.15, 0.2) is 12.4 Å². The maximum atomic E-state index is 12.3. The third kappa shape index (κ3) is 5.88. The molecular formula is C24H23NO6. The fourth-order valence-electron chi connectivity index (χ4n) is 2.99.